The number of benzene rings is 9. The molecule has 10 rings (SSSR count). The first-order valence-electron chi connectivity index (χ1n) is 18.4. The van der Waals surface area contributed by atoms with Gasteiger partial charge in [0.1, 0.15) is 0 Å². The molecule has 0 radical (unpaired) electrons. The molecular weight excluding hydrogens is 667 g/mol. The number of para-hydroxylation sites is 1. The highest BCUT2D eigenvalue weighted by molar-refractivity contribution is 6.21. The molecule has 0 saturated carbocycles. The van der Waals surface area contributed by atoms with Gasteiger partial charge in [0.25, 0.3) is 0 Å². The van der Waals surface area contributed by atoms with E-state index in [-0.39, 0.29) is 0 Å². The fourth-order valence-corrected chi connectivity index (χ4v) is 8.36. The van der Waals surface area contributed by atoms with Crippen LogP contribution in [0.4, 0.5) is 0 Å². The number of hydrogen-bond acceptors (Lipinski definition) is 2. The molecule has 3 heteroatoms. The number of rotatable bonds is 5. The van der Waals surface area contributed by atoms with Gasteiger partial charge < -0.3 is 4.57 Å². The molecule has 0 aliphatic carbocycles. The van der Waals surface area contributed by atoms with Gasteiger partial charge in [-0.3, -0.25) is 0 Å². The summed E-state index contributed by atoms with van der Waals surface area (Å²) in [6, 6.07) is 70.3. The lowest BCUT2D eigenvalue weighted by atomic mass is 9.85. The zero-order valence-electron chi connectivity index (χ0n) is 29.7. The van der Waals surface area contributed by atoms with Crippen LogP contribution in [0.3, 0.4) is 0 Å². The van der Waals surface area contributed by atoms with E-state index < -0.39 is 0 Å². The van der Waals surface area contributed by atoms with E-state index in [1.807, 2.05) is 42.5 Å². The zero-order chi connectivity index (χ0) is 36.9. The van der Waals surface area contributed by atoms with Gasteiger partial charge in [0, 0.05) is 16.5 Å². The van der Waals surface area contributed by atoms with E-state index in [0.717, 1.165) is 49.7 Å². The highest BCUT2D eigenvalue weighted by atomic mass is 15.0. The topological polar surface area (TPSA) is 52.5 Å². The molecule has 0 saturated heterocycles. The minimum atomic E-state index is 0.604. The molecule has 0 aliphatic rings. The lowest BCUT2D eigenvalue weighted by molar-refractivity contribution is 1.18. The lowest BCUT2D eigenvalue weighted by Crippen LogP contribution is -1.96. The van der Waals surface area contributed by atoms with Gasteiger partial charge in [0.05, 0.1) is 34.3 Å². The number of aromatic nitrogens is 1. The molecule has 9 aromatic carbocycles. The largest absolute Gasteiger partial charge is 0.309 e. The van der Waals surface area contributed by atoms with Crippen LogP contribution in [0.25, 0.3) is 93.5 Å². The van der Waals surface area contributed by atoms with Crippen LogP contribution in [0, 0.1) is 22.7 Å². The van der Waals surface area contributed by atoms with Crippen molar-refractivity contribution in [2.24, 2.45) is 0 Å². The first kappa shape index (κ1) is 32.0. The van der Waals surface area contributed by atoms with Crippen molar-refractivity contribution in [1.29, 1.82) is 10.5 Å². The monoisotopic (exact) mass is 697 g/mol. The quantitative estimate of drug-likeness (QED) is 0.168. The second-order valence-electron chi connectivity index (χ2n) is 13.9. The summed E-state index contributed by atoms with van der Waals surface area (Å²) in [5, 5.41) is 27.0. The van der Waals surface area contributed by atoms with Crippen LogP contribution in [0.1, 0.15) is 11.1 Å². The smallest absolute Gasteiger partial charge is 0.0998 e. The van der Waals surface area contributed by atoms with E-state index in [4.69, 9.17) is 0 Å². The Morgan fingerprint density at radius 2 is 0.836 bits per heavy atom. The van der Waals surface area contributed by atoms with Gasteiger partial charge in [-0.2, -0.15) is 10.5 Å². The fourth-order valence-electron chi connectivity index (χ4n) is 8.36. The SMILES string of the molecule is N#Cc1ccc2c(c1)c1ccccc1n2-c1ccc(-c2ccc(-c3ccc(-c4c5ccccc5c(-c5ccccc5)c5ccccc45)cc3)cc2)c(C#N)c1. The Hall–Kier alpha value is -7.72. The molecule has 1 heterocycles. The van der Waals surface area contributed by atoms with Crippen LogP contribution in [0.2, 0.25) is 0 Å². The van der Waals surface area contributed by atoms with E-state index in [1.165, 1.54) is 43.8 Å². The van der Waals surface area contributed by atoms with Crippen molar-refractivity contribution in [1.82, 2.24) is 4.57 Å². The van der Waals surface area contributed by atoms with E-state index in [0.29, 0.717) is 11.1 Å². The molecule has 254 valence electrons. The summed E-state index contributed by atoms with van der Waals surface area (Å²) in [6.45, 7) is 0. The molecule has 0 fully saturated rings. The Morgan fingerprint density at radius 1 is 0.345 bits per heavy atom. The summed E-state index contributed by atoms with van der Waals surface area (Å²) in [5.74, 6) is 0. The Morgan fingerprint density at radius 3 is 1.42 bits per heavy atom. The van der Waals surface area contributed by atoms with Gasteiger partial charge in [0.2, 0.25) is 0 Å². The van der Waals surface area contributed by atoms with E-state index in [2.05, 4.69) is 162 Å². The van der Waals surface area contributed by atoms with Crippen molar-refractivity contribution >= 4 is 43.4 Å². The van der Waals surface area contributed by atoms with Crippen molar-refractivity contribution in [3.8, 4) is 62.3 Å². The van der Waals surface area contributed by atoms with Gasteiger partial charge in [0.15, 0.2) is 0 Å². The summed E-state index contributed by atoms with van der Waals surface area (Å²) < 4.78 is 2.17. The molecule has 3 nitrogen and oxygen atoms in total. The lowest BCUT2D eigenvalue weighted by Gasteiger charge is -2.18. The summed E-state index contributed by atoms with van der Waals surface area (Å²) in [6.07, 6.45) is 0. The van der Waals surface area contributed by atoms with Gasteiger partial charge >= 0.3 is 0 Å². The summed E-state index contributed by atoms with van der Waals surface area (Å²) >= 11 is 0. The normalized spacial score (nSPS) is 11.2. The highest BCUT2D eigenvalue weighted by Gasteiger charge is 2.17. The summed E-state index contributed by atoms with van der Waals surface area (Å²) in [4.78, 5) is 0. The highest BCUT2D eigenvalue weighted by Crippen LogP contribution is 2.44. The number of nitrogens with zero attached hydrogens (tertiary/aromatic N) is 3. The molecule has 10 aromatic rings. The van der Waals surface area contributed by atoms with Crippen LogP contribution in [0.5, 0.6) is 0 Å². The van der Waals surface area contributed by atoms with Crippen LogP contribution in [-0.2, 0) is 0 Å². The molecule has 0 aliphatic heterocycles. The number of fused-ring (bicyclic) bond motifs is 5. The van der Waals surface area contributed by atoms with Crippen molar-refractivity contribution in [2.75, 3.05) is 0 Å². The van der Waals surface area contributed by atoms with Crippen molar-refractivity contribution in [3.63, 3.8) is 0 Å². The average molecular weight is 698 g/mol. The van der Waals surface area contributed by atoms with E-state index in [1.54, 1.807) is 0 Å². The molecular formula is C52H31N3. The predicted octanol–water partition coefficient (Wildman–Crippen LogP) is 13.5. The van der Waals surface area contributed by atoms with Gasteiger partial charge in [-0.25, -0.2) is 0 Å². The third-order valence-electron chi connectivity index (χ3n) is 10.9. The second kappa shape index (κ2) is 13.0. The Labute approximate surface area is 318 Å². The Bertz CT molecular complexity index is 3140. The van der Waals surface area contributed by atoms with Crippen LogP contribution >= 0.6 is 0 Å². The minimum absolute atomic E-state index is 0.604. The molecule has 1 aromatic heterocycles. The number of nitriles is 2. The third-order valence-corrected chi connectivity index (χ3v) is 10.9. The van der Waals surface area contributed by atoms with Crippen molar-refractivity contribution < 1.29 is 0 Å². The average Bonchev–Trinajstić information content (AvgIpc) is 3.59. The molecule has 0 atom stereocenters. The zero-order valence-corrected chi connectivity index (χ0v) is 29.7. The van der Waals surface area contributed by atoms with Crippen molar-refractivity contribution in [2.45, 2.75) is 0 Å². The Kier molecular flexibility index (Phi) is 7.58. The van der Waals surface area contributed by atoms with E-state index in [9.17, 15) is 10.5 Å². The molecule has 55 heavy (non-hydrogen) atoms. The summed E-state index contributed by atoms with van der Waals surface area (Å²) in [7, 11) is 0. The van der Waals surface area contributed by atoms with E-state index >= 15 is 0 Å². The predicted molar refractivity (Wildman–Crippen MR) is 227 cm³/mol. The first-order chi connectivity index (χ1) is 27.2. The van der Waals surface area contributed by atoms with Gasteiger partial charge in [-0.15, -0.1) is 0 Å². The maximum atomic E-state index is 10.4. The standard InChI is InChI=1S/C52H31N3/c53-32-34-18-29-50-48(30-34)43-12-8-9-17-49(43)55(50)41-27-28-42(40(31-41)33-54)37-23-19-35(20-24-37)36-21-25-39(26-22-36)52-46-15-6-4-13-44(46)51(38-10-2-1-3-11-38)45-14-5-7-16-47(45)52/h1-31H. The van der Waals surface area contributed by atoms with Crippen LogP contribution in [0.15, 0.2) is 188 Å². The first-order valence-corrected chi connectivity index (χ1v) is 18.4. The third kappa shape index (κ3) is 5.27. The molecule has 0 N–H and O–H groups in total. The Balaban J connectivity index is 0.999. The van der Waals surface area contributed by atoms with Gasteiger partial charge in [-0.05, 0) is 102 Å². The minimum Gasteiger partial charge on any atom is -0.309 e. The fraction of sp³-hybridized carbons (Fsp3) is 0. The molecule has 0 unspecified atom stereocenters. The van der Waals surface area contributed by atoms with Gasteiger partial charge in [-0.1, -0.05) is 152 Å². The maximum absolute atomic E-state index is 10.4. The molecule has 0 amide bonds. The van der Waals surface area contributed by atoms with Crippen LogP contribution in [-0.4, -0.2) is 4.57 Å². The van der Waals surface area contributed by atoms with Crippen molar-refractivity contribution in [3.05, 3.63) is 199 Å². The maximum Gasteiger partial charge on any atom is 0.0998 e. The van der Waals surface area contributed by atoms with Crippen LogP contribution < -0.4 is 0 Å². The number of hydrogen-bond donors (Lipinski definition) is 0. The second-order valence-corrected chi connectivity index (χ2v) is 13.9. The molecule has 0 spiro atoms. The molecule has 0 bridgehead atoms. The summed E-state index contributed by atoms with van der Waals surface area (Å²) in [5.41, 5.74) is 13.2.